The van der Waals surface area contributed by atoms with E-state index in [1.165, 1.54) is 4.90 Å². The summed E-state index contributed by atoms with van der Waals surface area (Å²) in [6.07, 6.45) is 0. The minimum Gasteiger partial charge on any atom is -0.507 e. The summed E-state index contributed by atoms with van der Waals surface area (Å²) >= 11 is 6.18. The highest BCUT2D eigenvalue weighted by atomic mass is 35.5. The molecule has 0 radical (unpaired) electrons. The second-order valence-corrected chi connectivity index (χ2v) is 7.31. The Morgan fingerprint density at radius 2 is 1.55 bits per heavy atom. The Morgan fingerprint density at radius 3 is 2.21 bits per heavy atom. The minimum atomic E-state index is -0.756. The van der Waals surface area contributed by atoms with Gasteiger partial charge in [-0.2, -0.15) is 0 Å². The molecule has 3 aromatic carbocycles. The maximum atomic E-state index is 13.1. The molecule has 1 atom stereocenters. The van der Waals surface area contributed by atoms with Crippen LogP contribution in [0.15, 0.2) is 84.4 Å². The Morgan fingerprint density at radius 1 is 0.931 bits per heavy atom. The number of amides is 1. The van der Waals surface area contributed by atoms with E-state index in [2.05, 4.69) is 0 Å². The predicted octanol–water partition coefficient (Wildman–Crippen LogP) is 5.27. The van der Waals surface area contributed by atoms with E-state index >= 15 is 0 Å². The number of benzene rings is 3. The van der Waals surface area contributed by atoms with Crippen LogP contribution in [0.3, 0.4) is 0 Å². The molecular weight excluding hydrogens is 386 g/mol. The molecule has 1 heterocycles. The molecule has 4 nitrogen and oxygen atoms in total. The van der Waals surface area contributed by atoms with Gasteiger partial charge in [-0.05, 0) is 30.2 Å². The molecule has 1 aliphatic heterocycles. The number of hydrogen-bond acceptors (Lipinski definition) is 3. The van der Waals surface area contributed by atoms with E-state index in [1.54, 1.807) is 42.5 Å². The highest BCUT2D eigenvalue weighted by molar-refractivity contribution is 6.52. The Kier molecular flexibility index (Phi) is 4.95. The fourth-order valence-corrected chi connectivity index (χ4v) is 3.79. The molecule has 0 aliphatic carbocycles. The molecule has 0 saturated carbocycles. The Balaban J connectivity index is 1.98. The number of nitrogens with zero attached hydrogens (tertiary/aromatic N) is 1. The van der Waals surface area contributed by atoms with Gasteiger partial charge in [-0.25, -0.2) is 0 Å². The monoisotopic (exact) mass is 403 g/mol. The zero-order chi connectivity index (χ0) is 20.5. The van der Waals surface area contributed by atoms with E-state index in [0.29, 0.717) is 16.3 Å². The lowest BCUT2D eigenvalue weighted by Crippen LogP contribution is -2.30. The van der Waals surface area contributed by atoms with E-state index in [1.807, 2.05) is 43.3 Å². The first-order valence-electron chi connectivity index (χ1n) is 9.16. The van der Waals surface area contributed by atoms with Gasteiger partial charge in [0.2, 0.25) is 0 Å². The smallest absolute Gasteiger partial charge is 0.300 e. The van der Waals surface area contributed by atoms with Crippen molar-refractivity contribution in [3.8, 4) is 0 Å². The van der Waals surface area contributed by atoms with E-state index in [9.17, 15) is 14.7 Å². The molecule has 0 spiro atoms. The average Bonchev–Trinajstić information content (AvgIpc) is 3.01. The van der Waals surface area contributed by atoms with Crippen molar-refractivity contribution in [2.45, 2.75) is 13.0 Å². The van der Waals surface area contributed by atoms with Gasteiger partial charge in [0, 0.05) is 16.3 Å². The minimum absolute atomic E-state index is 0.0618. The topological polar surface area (TPSA) is 57.6 Å². The normalized spacial score (nSPS) is 18.3. The summed E-state index contributed by atoms with van der Waals surface area (Å²) in [6, 6.07) is 22.4. The molecule has 144 valence electrons. The number of hydrogen-bond donors (Lipinski definition) is 1. The third-order valence-electron chi connectivity index (χ3n) is 5.04. The highest BCUT2D eigenvalue weighted by Crippen LogP contribution is 2.43. The molecule has 1 fully saturated rings. The Hall–Kier alpha value is -3.37. The second-order valence-electron chi connectivity index (χ2n) is 6.88. The number of aliphatic hydroxyl groups excluding tert-OH is 1. The van der Waals surface area contributed by atoms with Gasteiger partial charge in [-0.15, -0.1) is 0 Å². The van der Waals surface area contributed by atoms with Gasteiger partial charge in [-0.3, -0.25) is 14.5 Å². The van der Waals surface area contributed by atoms with Crippen molar-refractivity contribution in [3.63, 3.8) is 0 Å². The van der Waals surface area contributed by atoms with Crippen LogP contribution in [-0.2, 0) is 9.59 Å². The van der Waals surface area contributed by atoms with Crippen molar-refractivity contribution in [2.75, 3.05) is 4.90 Å². The molecule has 0 aromatic heterocycles. The van der Waals surface area contributed by atoms with Crippen molar-refractivity contribution < 1.29 is 14.7 Å². The van der Waals surface area contributed by atoms with Crippen molar-refractivity contribution in [1.82, 2.24) is 0 Å². The fraction of sp³-hybridized carbons (Fsp3) is 0.0833. The molecule has 4 rings (SSSR count). The zero-order valence-electron chi connectivity index (χ0n) is 15.7. The quantitative estimate of drug-likeness (QED) is 0.368. The number of carbonyl (C=O) groups excluding carboxylic acids is 2. The molecule has 1 N–H and O–H groups in total. The first-order valence-corrected chi connectivity index (χ1v) is 9.54. The van der Waals surface area contributed by atoms with Gasteiger partial charge in [-0.1, -0.05) is 78.3 Å². The van der Waals surface area contributed by atoms with Crippen LogP contribution in [-0.4, -0.2) is 16.8 Å². The van der Waals surface area contributed by atoms with Gasteiger partial charge in [0.15, 0.2) is 0 Å². The lowest BCUT2D eigenvalue weighted by Gasteiger charge is -2.27. The van der Waals surface area contributed by atoms with Crippen molar-refractivity contribution in [2.24, 2.45) is 0 Å². The summed E-state index contributed by atoms with van der Waals surface area (Å²) in [5.74, 6) is -1.61. The number of aryl methyl sites for hydroxylation is 1. The zero-order valence-corrected chi connectivity index (χ0v) is 16.4. The molecule has 1 unspecified atom stereocenters. The summed E-state index contributed by atoms with van der Waals surface area (Å²) in [4.78, 5) is 27.6. The van der Waals surface area contributed by atoms with Crippen molar-refractivity contribution in [1.29, 1.82) is 0 Å². The van der Waals surface area contributed by atoms with Crippen LogP contribution < -0.4 is 4.90 Å². The number of carbonyl (C=O) groups is 2. The summed E-state index contributed by atoms with van der Waals surface area (Å²) in [6.45, 7) is 1.85. The highest BCUT2D eigenvalue weighted by Gasteiger charge is 2.47. The van der Waals surface area contributed by atoms with Crippen molar-refractivity contribution >= 4 is 34.7 Å². The lowest BCUT2D eigenvalue weighted by atomic mass is 9.95. The number of aliphatic hydroxyl groups is 1. The van der Waals surface area contributed by atoms with Gasteiger partial charge < -0.3 is 5.11 Å². The van der Waals surface area contributed by atoms with E-state index in [0.717, 1.165) is 11.1 Å². The van der Waals surface area contributed by atoms with Crippen LogP contribution in [0.25, 0.3) is 5.76 Å². The average molecular weight is 404 g/mol. The van der Waals surface area contributed by atoms with Crippen LogP contribution in [0.2, 0.25) is 5.02 Å². The first kappa shape index (κ1) is 19.0. The summed E-state index contributed by atoms with van der Waals surface area (Å²) in [5, 5.41) is 11.4. The van der Waals surface area contributed by atoms with Crippen molar-refractivity contribution in [3.05, 3.63) is 106 Å². The second kappa shape index (κ2) is 7.57. The lowest BCUT2D eigenvalue weighted by molar-refractivity contribution is -0.132. The van der Waals surface area contributed by atoms with Crippen LogP contribution in [0.1, 0.15) is 22.7 Å². The van der Waals surface area contributed by atoms with Crippen LogP contribution in [0.5, 0.6) is 0 Å². The predicted molar refractivity (Wildman–Crippen MR) is 114 cm³/mol. The largest absolute Gasteiger partial charge is 0.507 e. The first-order chi connectivity index (χ1) is 14.0. The number of anilines is 1. The third-order valence-corrected chi connectivity index (χ3v) is 5.27. The van der Waals surface area contributed by atoms with E-state index < -0.39 is 17.7 Å². The number of halogens is 1. The Bertz CT molecular complexity index is 1120. The molecule has 0 bridgehead atoms. The van der Waals surface area contributed by atoms with Crippen LogP contribution in [0, 0.1) is 6.92 Å². The molecule has 5 heteroatoms. The maximum absolute atomic E-state index is 13.1. The molecule has 1 amide bonds. The standard InChI is InChI=1S/C24H18ClNO3/c1-15-12-13-18(25)14-19(15)26-21(16-8-4-2-5-9-16)20(23(28)24(26)29)22(27)17-10-6-3-7-11-17/h2-14,21,27H,1H3/b22-20+. The van der Waals surface area contributed by atoms with Gasteiger partial charge >= 0.3 is 0 Å². The number of rotatable bonds is 3. The van der Waals surface area contributed by atoms with E-state index in [-0.39, 0.29) is 11.3 Å². The molecule has 1 saturated heterocycles. The number of Topliss-reactive ketones (excluding diaryl/α,β-unsaturated/α-hetero) is 1. The summed E-state index contributed by atoms with van der Waals surface area (Å²) < 4.78 is 0. The van der Waals surface area contributed by atoms with E-state index in [4.69, 9.17) is 11.6 Å². The van der Waals surface area contributed by atoms with Gasteiger partial charge in [0.25, 0.3) is 11.7 Å². The van der Waals surface area contributed by atoms with Crippen LogP contribution in [0.4, 0.5) is 5.69 Å². The molecule has 1 aliphatic rings. The van der Waals surface area contributed by atoms with Crippen LogP contribution >= 0.6 is 11.6 Å². The molecular formula is C24H18ClNO3. The summed E-state index contributed by atoms with van der Waals surface area (Å²) in [7, 11) is 0. The van der Waals surface area contributed by atoms with Gasteiger partial charge in [0.1, 0.15) is 5.76 Å². The molecule has 29 heavy (non-hydrogen) atoms. The maximum Gasteiger partial charge on any atom is 0.300 e. The SMILES string of the molecule is Cc1ccc(Cl)cc1N1C(=O)C(=O)/C(=C(/O)c2ccccc2)C1c1ccccc1. The van der Waals surface area contributed by atoms with Gasteiger partial charge in [0.05, 0.1) is 11.6 Å². The molecule has 3 aromatic rings. The third kappa shape index (κ3) is 3.32. The Labute approximate surface area is 173 Å². The fourth-order valence-electron chi connectivity index (χ4n) is 3.63. The summed E-state index contributed by atoms with van der Waals surface area (Å²) in [5.41, 5.74) is 2.61. The number of ketones is 1.